The van der Waals surface area contributed by atoms with Crippen molar-refractivity contribution < 1.29 is 4.90 Å². The quantitative estimate of drug-likeness (QED) is 0.612. The van der Waals surface area contributed by atoms with E-state index in [0.717, 1.165) is 19.4 Å². The molecule has 6 nitrogen and oxygen atoms in total. The van der Waals surface area contributed by atoms with Crippen molar-refractivity contribution in [3.05, 3.63) is 91.6 Å². The van der Waals surface area contributed by atoms with Gasteiger partial charge in [0.05, 0.1) is 12.2 Å². The van der Waals surface area contributed by atoms with Crippen molar-refractivity contribution in [1.82, 2.24) is 9.55 Å². The molecule has 3 N–H and O–H groups in total. The zero-order valence-corrected chi connectivity index (χ0v) is 16.1. The summed E-state index contributed by atoms with van der Waals surface area (Å²) in [6.07, 6.45) is 2.04. The van der Waals surface area contributed by atoms with Crippen molar-refractivity contribution in [1.29, 1.82) is 0 Å². The van der Waals surface area contributed by atoms with Crippen molar-refractivity contribution in [3.63, 3.8) is 0 Å². The van der Waals surface area contributed by atoms with Gasteiger partial charge in [0.15, 0.2) is 6.67 Å². The first-order valence-corrected chi connectivity index (χ1v) is 9.75. The number of nitrogens with zero attached hydrogens (tertiary/aromatic N) is 1. The Hall–Kier alpha value is -2.83. The summed E-state index contributed by atoms with van der Waals surface area (Å²) in [5, 5.41) is 3.89. The van der Waals surface area contributed by atoms with Crippen LogP contribution in [-0.2, 0) is 13.0 Å². The fraction of sp³-hybridized carbons (Fsp3) is 0.238. The number of halogens is 1. The van der Waals surface area contributed by atoms with E-state index in [0.29, 0.717) is 35.3 Å². The second kappa shape index (κ2) is 8.04. The topological polar surface area (TPSA) is 71.3 Å². The molecule has 0 saturated carbocycles. The van der Waals surface area contributed by atoms with E-state index in [2.05, 4.69) is 34.6 Å². The Kier molecular flexibility index (Phi) is 5.32. The highest BCUT2D eigenvalue weighted by Crippen LogP contribution is 2.18. The minimum Gasteiger partial charge on any atom is -0.324 e. The van der Waals surface area contributed by atoms with E-state index in [9.17, 15) is 9.59 Å². The van der Waals surface area contributed by atoms with Crippen LogP contribution in [-0.4, -0.2) is 22.8 Å². The summed E-state index contributed by atoms with van der Waals surface area (Å²) in [5.74, 6) is 0.572. The molecular weight excluding hydrogens is 376 g/mol. The van der Waals surface area contributed by atoms with E-state index in [-0.39, 0.29) is 5.56 Å². The van der Waals surface area contributed by atoms with Crippen molar-refractivity contribution in [2.75, 3.05) is 18.5 Å². The number of aryl methyl sites for hydroxylation is 1. The number of nitrogens with one attached hydrogen (secondary N) is 3. The fourth-order valence-corrected chi connectivity index (χ4v) is 3.77. The molecule has 0 saturated heterocycles. The Labute approximate surface area is 167 Å². The molecule has 0 spiro atoms. The van der Waals surface area contributed by atoms with Crippen LogP contribution in [0.4, 0.5) is 5.82 Å². The molecule has 1 aromatic heterocycles. The van der Waals surface area contributed by atoms with Gasteiger partial charge in [-0.3, -0.25) is 9.78 Å². The molecule has 28 heavy (non-hydrogen) atoms. The van der Waals surface area contributed by atoms with E-state index in [1.54, 1.807) is 24.3 Å². The maximum atomic E-state index is 12.4. The summed E-state index contributed by atoms with van der Waals surface area (Å²) in [6, 6.07) is 17.4. The minimum atomic E-state index is -0.453. The lowest BCUT2D eigenvalue weighted by Crippen LogP contribution is -3.12. The number of hydrogen-bond donors (Lipinski definition) is 3. The van der Waals surface area contributed by atoms with Crippen LogP contribution in [0.1, 0.15) is 17.5 Å². The zero-order valence-electron chi connectivity index (χ0n) is 15.4. The molecule has 2 aromatic carbocycles. The van der Waals surface area contributed by atoms with Gasteiger partial charge in [0.2, 0.25) is 0 Å². The molecule has 1 aliphatic heterocycles. The van der Waals surface area contributed by atoms with Gasteiger partial charge in [0.1, 0.15) is 17.9 Å². The Morgan fingerprint density at radius 1 is 1.04 bits per heavy atom. The molecule has 0 bridgehead atoms. The molecule has 1 aliphatic rings. The minimum absolute atomic E-state index is 0.321. The molecule has 3 aromatic rings. The lowest BCUT2D eigenvalue weighted by Gasteiger charge is -2.28. The first kappa shape index (κ1) is 18.5. The number of H-pyrrole nitrogens is 1. The smallest absolute Gasteiger partial charge is 0.324 e. The summed E-state index contributed by atoms with van der Waals surface area (Å²) in [6.45, 7) is 2.19. The van der Waals surface area contributed by atoms with Gasteiger partial charge >= 0.3 is 5.69 Å². The molecule has 1 unspecified atom stereocenters. The van der Waals surface area contributed by atoms with Gasteiger partial charge in [-0.15, -0.1) is 0 Å². The lowest BCUT2D eigenvalue weighted by molar-refractivity contribution is -0.912. The summed E-state index contributed by atoms with van der Waals surface area (Å²) in [7, 11) is 0. The van der Waals surface area contributed by atoms with Crippen LogP contribution >= 0.6 is 11.6 Å². The predicted octanol–water partition coefficient (Wildman–Crippen LogP) is 1.58. The first-order chi connectivity index (χ1) is 13.6. The molecule has 7 heteroatoms. The summed E-state index contributed by atoms with van der Waals surface area (Å²) in [4.78, 5) is 28.6. The Bertz CT molecular complexity index is 1070. The predicted molar refractivity (Wildman–Crippen MR) is 110 cm³/mol. The third kappa shape index (κ3) is 3.88. The first-order valence-electron chi connectivity index (χ1n) is 9.37. The number of aromatic nitrogens is 2. The Balaban J connectivity index is 1.54. The largest absolute Gasteiger partial charge is 0.334 e. The van der Waals surface area contributed by atoms with Gasteiger partial charge in [-0.05, 0) is 36.2 Å². The van der Waals surface area contributed by atoms with Crippen LogP contribution in [0.15, 0.2) is 64.2 Å². The van der Waals surface area contributed by atoms with Gasteiger partial charge in [-0.2, -0.15) is 0 Å². The third-order valence-corrected chi connectivity index (χ3v) is 5.32. The van der Waals surface area contributed by atoms with E-state index in [4.69, 9.17) is 11.6 Å². The number of hydrogen-bond acceptors (Lipinski definition) is 3. The maximum absolute atomic E-state index is 12.4. The lowest BCUT2D eigenvalue weighted by atomic mass is 10.1. The van der Waals surface area contributed by atoms with E-state index >= 15 is 0 Å². The number of anilines is 1. The maximum Gasteiger partial charge on any atom is 0.334 e. The van der Waals surface area contributed by atoms with Crippen LogP contribution in [0.5, 0.6) is 0 Å². The molecular formula is C21H22ClN4O2+. The van der Waals surface area contributed by atoms with E-state index in [1.165, 1.54) is 15.0 Å². The second-order valence-corrected chi connectivity index (χ2v) is 7.45. The van der Waals surface area contributed by atoms with Crippen molar-refractivity contribution >= 4 is 17.4 Å². The van der Waals surface area contributed by atoms with Crippen molar-refractivity contribution in [3.8, 4) is 5.69 Å². The highest BCUT2D eigenvalue weighted by Gasteiger charge is 2.25. The number of fused-ring (bicyclic) bond motifs is 1. The van der Waals surface area contributed by atoms with Crippen LogP contribution in [0, 0.1) is 0 Å². The van der Waals surface area contributed by atoms with Gasteiger partial charge in [0, 0.05) is 11.4 Å². The summed E-state index contributed by atoms with van der Waals surface area (Å²) >= 11 is 5.96. The fourth-order valence-electron chi connectivity index (χ4n) is 3.64. The average molecular weight is 398 g/mol. The van der Waals surface area contributed by atoms with Gasteiger partial charge < -0.3 is 10.2 Å². The molecule has 0 fully saturated rings. The normalized spacial score (nSPS) is 15.7. The van der Waals surface area contributed by atoms with Crippen LogP contribution in [0.3, 0.4) is 0 Å². The Morgan fingerprint density at radius 2 is 1.79 bits per heavy atom. The molecule has 4 rings (SSSR count). The highest BCUT2D eigenvalue weighted by atomic mass is 35.5. The molecule has 1 atom stereocenters. The van der Waals surface area contributed by atoms with Gasteiger partial charge in [-0.25, -0.2) is 9.36 Å². The second-order valence-electron chi connectivity index (χ2n) is 7.02. The molecule has 0 amide bonds. The summed E-state index contributed by atoms with van der Waals surface area (Å²) in [5.41, 5.74) is 1.82. The number of quaternary nitrogens is 1. The highest BCUT2D eigenvalue weighted by molar-refractivity contribution is 6.30. The average Bonchev–Trinajstić information content (AvgIpc) is 2.70. The molecule has 2 heterocycles. The van der Waals surface area contributed by atoms with E-state index < -0.39 is 5.69 Å². The standard InChI is InChI=1S/C21H21ClN4O2/c22-16-8-10-17(11-9-16)26-19-18(20(27)24-21(26)28)13-25(14-23-19)12-4-7-15-5-2-1-3-6-15/h1-3,5-6,8-11,23H,4,7,12-14H2,(H,24,27,28)/p+1. The van der Waals surface area contributed by atoms with Gasteiger partial charge in [-0.1, -0.05) is 41.9 Å². The molecule has 0 aliphatic carbocycles. The SMILES string of the molecule is O=c1[nH]c(=O)n(-c2ccc(Cl)cc2)c2c1C[NH+](CCCc1ccccc1)CN2. The van der Waals surface area contributed by atoms with Crippen LogP contribution in [0.2, 0.25) is 5.02 Å². The monoisotopic (exact) mass is 397 g/mol. The molecule has 0 radical (unpaired) electrons. The number of benzene rings is 2. The van der Waals surface area contributed by atoms with Crippen molar-refractivity contribution in [2.45, 2.75) is 19.4 Å². The zero-order chi connectivity index (χ0) is 19.5. The van der Waals surface area contributed by atoms with Crippen LogP contribution < -0.4 is 21.5 Å². The third-order valence-electron chi connectivity index (χ3n) is 5.06. The van der Waals surface area contributed by atoms with Gasteiger partial charge in [0.25, 0.3) is 5.56 Å². The number of aromatic amines is 1. The van der Waals surface area contributed by atoms with Crippen molar-refractivity contribution in [2.24, 2.45) is 0 Å². The van der Waals surface area contributed by atoms with Crippen LogP contribution in [0.25, 0.3) is 5.69 Å². The van der Waals surface area contributed by atoms with E-state index in [1.807, 2.05) is 6.07 Å². The summed E-state index contributed by atoms with van der Waals surface area (Å²) < 4.78 is 1.51. The molecule has 144 valence electrons. The number of rotatable bonds is 5. The Morgan fingerprint density at radius 3 is 2.54 bits per heavy atom.